The number of imide groups is 1. The molecule has 5 aliphatic rings. The summed E-state index contributed by atoms with van der Waals surface area (Å²) in [6.45, 7) is 1.07. The summed E-state index contributed by atoms with van der Waals surface area (Å²) in [6, 6.07) is 5.33. The summed E-state index contributed by atoms with van der Waals surface area (Å²) in [6.07, 6.45) is 3.28. The van der Waals surface area contributed by atoms with E-state index in [0.717, 1.165) is 6.42 Å². The van der Waals surface area contributed by atoms with Gasteiger partial charge < -0.3 is 19.7 Å². The molecule has 1 aromatic carbocycles. The number of amides is 3. The normalized spacial score (nSPS) is 26.8. The van der Waals surface area contributed by atoms with Crippen molar-refractivity contribution in [3.05, 3.63) is 64.6 Å². The highest BCUT2D eigenvalue weighted by Crippen LogP contribution is 2.40. The number of halogens is 4. The number of nitrogens with zero attached hydrogens (tertiary/aromatic N) is 9. The van der Waals surface area contributed by atoms with E-state index < -0.39 is 60.1 Å². The summed E-state index contributed by atoms with van der Waals surface area (Å²) >= 11 is 0. The van der Waals surface area contributed by atoms with Gasteiger partial charge in [0.1, 0.15) is 28.7 Å². The van der Waals surface area contributed by atoms with Crippen molar-refractivity contribution in [3.63, 3.8) is 0 Å². The maximum absolute atomic E-state index is 15.9. The van der Waals surface area contributed by atoms with Crippen LogP contribution in [-0.2, 0) is 21.4 Å². The van der Waals surface area contributed by atoms with Gasteiger partial charge in [0, 0.05) is 51.4 Å². The second-order valence-electron chi connectivity index (χ2n) is 16.7. The number of hydrogen-bond donors (Lipinski definition) is 2. The first kappa shape index (κ1) is 39.3. The number of benzene rings is 1. The third kappa shape index (κ3) is 6.90. The van der Waals surface area contributed by atoms with Crippen LogP contribution in [0.25, 0.3) is 16.7 Å². The zero-order chi connectivity index (χ0) is 42.3. The maximum Gasteiger partial charge on any atom is 0.329 e. The van der Waals surface area contributed by atoms with Crippen molar-refractivity contribution < 1.29 is 41.4 Å². The van der Waals surface area contributed by atoms with E-state index in [1.54, 1.807) is 23.2 Å². The SMILES string of the molecule is Cn1c(=O)n(C2CCC(=O)NC2=O)c2cccc(OC3CCN([C@H]4CC[C@H](n5cc(NC(=O)c6cnn7ccc(N8C[C@H]9C[C@@H]8CO9)nc67)c(C(F)F)n5)CC4)CC3(F)F)c21. The molecule has 61 heavy (non-hydrogen) atoms. The van der Waals surface area contributed by atoms with Gasteiger partial charge in [-0.3, -0.25) is 38.4 Å². The molecule has 2 bridgehead atoms. The largest absolute Gasteiger partial charge is 0.482 e. The highest BCUT2D eigenvalue weighted by atomic mass is 19.3. The molecule has 10 rings (SSSR count). The van der Waals surface area contributed by atoms with Gasteiger partial charge in [0.15, 0.2) is 17.4 Å². The van der Waals surface area contributed by atoms with E-state index in [-0.39, 0.29) is 71.7 Å². The van der Waals surface area contributed by atoms with Crippen LogP contribution in [0.1, 0.15) is 85.9 Å². The van der Waals surface area contributed by atoms with Gasteiger partial charge in [-0.2, -0.15) is 10.2 Å². The number of likely N-dealkylation sites (tertiary alicyclic amines) is 1. The first-order chi connectivity index (χ1) is 29.3. The molecule has 1 saturated carbocycles. The molecule has 4 atom stereocenters. The lowest BCUT2D eigenvalue weighted by Crippen LogP contribution is -2.56. The van der Waals surface area contributed by atoms with Crippen LogP contribution in [0, 0.1) is 0 Å². The zero-order valence-electron chi connectivity index (χ0n) is 33.1. The number of piperidine rings is 2. The van der Waals surface area contributed by atoms with Gasteiger partial charge >= 0.3 is 5.69 Å². The Labute approximate surface area is 344 Å². The standard InChI is InChI=1S/C40H43F4N11O6/c1-50-34-27(55(39(50)59)28-9-10-32(56)48-38(28)58)3-2-4-29(34)61-30-11-13-51(20-40(30,43)44)21-5-7-22(8-6-21)54-18-26(33(49-54)35(41)42)46-37(57)25-16-45-53-14-12-31(47-36(25)53)52-17-24-15-23(52)19-60-24/h2-4,12,14,16,18,21-24,28,30,35H,5-11,13,15,17,19-20H2,1H3,(H,46,57)(H,48,56,58)/t21-,22-,23-,24-,28?,30?/m1/s1. The average Bonchev–Trinajstić information content (AvgIpc) is 4.09. The summed E-state index contributed by atoms with van der Waals surface area (Å²) in [7, 11) is 1.48. The Balaban J connectivity index is 0.786. The van der Waals surface area contributed by atoms with Gasteiger partial charge in [-0.1, -0.05) is 6.07 Å². The molecule has 5 fully saturated rings. The molecule has 4 aliphatic heterocycles. The number of nitrogens with one attached hydrogen (secondary N) is 2. The Morgan fingerprint density at radius 3 is 2.57 bits per heavy atom. The predicted octanol–water partition coefficient (Wildman–Crippen LogP) is 4.00. The molecule has 5 aromatic rings. The lowest BCUT2D eigenvalue weighted by molar-refractivity contribution is -0.148. The summed E-state index contributed by atoms with van der Waals surface area (Å²) < 4.78 is 77.7. The smallest absolute Gasteiger partial charge is 0.329 e. The van der Waals surface area contributed by atoms with Gasteiger partial charge in [-0.15, -0.1) is 0 Å². The van der Waals surface area contributed by atoms with Crippen molar-refractivity contribution in [2.45, 2.75) is 100 Å². The molecular weight excluding hydrogens is 807 g/mol. The van der Waals surface area contributed by atoms with Crippen LogP contribution in [-0.4, -0.2) is 113 Å². The fraction of sp³-hybridized carbons (Fsp3) is 0.525. The number of imidazole rings is 1. The topological polar surface area (TPSA) is 175 Å². The van der Waals surface area contributed by atoms with E-state index in [1.807, 2.05) is 6.07 Å². The van der Waals surface area contributed by atoms with Crippen LogP contribution in [0.15, 0.2) is 47.7 Å². The van der Waals surface area contributed by atoms with Gasteiger partial charge in [0.2, 0.25) is 11.8 Å². The maximum atomic E-state index is 15.9. The van der Waals surface area contributed by atoms with Crippen molar-refractivity contribution in [1.82, 2.24) is 43.7 Å². The van der Waals surface area contributed by atoms with Crippen LogP contribution >= 0.6 is 0 Å². The number of para-hydroxylation sites is 1. The Hall–Kier alpha value is -5.83. The van der Waals surface area contributed by atoms with Crippen molar-refractivity contribution in [1.29, 1.82) is 0 Å². The van der Waals surface area contributed by atoms with E-state index in [0.29, 0.717) is 56.7 Å². The molecule has 322 valence electrons. The molecule has 4 aromatic heterocycles. The van der Waals surface area contributed by atoms with Crippen molar-refractivity contribution in [2.24, 2.45) is 7.05 Å². The van der Waals surface area contributed by atoms with Crippen molar-refractivity contribution >= 4 is 45.9 Å². The highest BCUT2D eigenvalue weighted by molar-refractivity contribution is 6.08. The summed E-state index contributed by atoms with van der Waals surface area (Å²) in [5.74, 6) is -4.18. The quantitative estimate of drug-likeness (QED) is 0.162. The zero-order valence-corrected chi connectivity index (χ0v) is 33.1. The Bertz CT molecular complexity index is 2620. The van der Waals surface area contributed by atoms with Crippen LogP contribution in [0.4, 0.5) is 29.1 Å². The van der Waals surface area contributed by atoms with E-state index in [4.69, 9.17) is 14.5 Å². The molecule has 17 nitrogen and oxygen atoms in total. The number of aryl methyl sites for hydroxylation is 1. The molecule has 3 amide bonds. The van der Waals surface area contributed by atoms with E-state index in [2.05, 4.69) is 25.7 Å². The number of morpholine rings is 1. The van der Waals surface area contributed by atoms with Crippen molar-refractivity contribution in [2.75, 3.05) is 36.5 Å². The van der Waals surface area contributed by atoms with E-state index >= 15 is 8.78 Å². The van der Waals surface area contributed by atoms with Gasteiger partial charge in [-0.25, -0.2) is 31.9 Å². The summed E-state index contributed by atoms with van der Waals surface area (Å²) in [5, 5.41) is 13.3. The fourth-order valence-electron chi connectivity index (χ4n) is 9.87. The molecule has 1 aliphatic carbocycles. The molecule has 0 spiro atoms. The van der Waals surface area contributed by atoms with Gasteiger partial charge in [0.25, 0.3) is 18.3 Å². The van der Waals surface area contributed by atoms with E-state index in [9.17, 15) is 28.0 Å². The number of fused-ring (bicyclic) bond motifs is 4. The van der Waals surface area contributed by atoms with Crippen LogP contribution in [0.5, 0.6) is 5.75 Å². The molecule has 8 heterocycles. The second kappa shape index (κ2) is 15.0. The molecule has 21 heteroatoms. The molecule has 0 radical (unpaired) electrons. The summed E-state index contributed by atoms with van der Waals surface area (Å²) in [4.78, 5) is 59.9. The minimum Gasteiger partial charge on any atom is -0.482 e. The number of ether oxygens (including phenoxy) is 2. The number of hydrogen-bond acceptors (Lipinski definition) is 11. The van der Waals surface area contributed by atoms with Gasteiger partial charge in [-0.05, 0) is 56.7 Å². The second-order valence-corrected chi connectivity index (χ2v) is 16.7. The number of rotatable bonds is 9. The number of carbonyl (C=O) groups excluding carboxylic acids is 3. The number of alkyl halides is 4. The average molecular weight is 850 g/mol. The molecule has 2 N–H and O–H groups in total. The van der Waals surface area contributed by atoms with Crippen LogP contribution < -0.4 is 26.0 Å². The molecule has 2 unspecified atom stereocenters. The van der Waals surface area contributed by atoms with Gasteiger partial charge in [0.05, 0.1) is 48.7 Å². The number of aromatic nitrogens is 7. The Morgan fingerprint density at radius 1 is 1.05 bits per heavy atom. The van der Waals surface area contributed by atoms with E-state index in [1.165, 1.54) is 43.8 Å². The number of anilines is 2. The minimum absolute atomic E-state index is 0.00278. The Morgan fingerprint density at radius 2 is 1.85 bits per heavy atom. The lowest BCUT2D eigenvalue weighted by Gasteiger charge is -2.43. The molecule has 4 saturated heterocycles. The first-order valence-corrected chi connectivity index (χ1v) is 20.6. The first-order valence-electron chi connectivity index (χ1n) is 20.6. The Kier molecular flexibility index (Phi) is 9.64. The van der Waals surface area contributed by atoms with Crippen LogP contribution in [0.2, 0.25) is 0 Å². The predicted molar refractivity (Wildman–Crippen MR) is 209 cm³/mol. The number of carbonyl (C=O) groups is 3. The van der Waals surface area contributed by atoms with Crippen molar-refractivity contribution in [3.8, 4) is 5.75 Å². The third-order valence-corrected chi connectivity index (χ3v) is 13.0. The monoisotopic (exact) mass is 849 g/mol. The third-order valence-electron chi connectivity index (χ3n) is 13.0. The minimum atomic E-state index is -3.26. The fourth-order valence-corrected chi connectivity index (χ4v) is 9.87. The van der Waals surface area contributed by atoms with Crippen LogP contribution in [0.3, 0.4) is 0 Å². The summed E-state index contributed by atoms with van der Waals surface area (Å²) in [5.41, 5.74) is -0.219. The highest BCUT2D eigenvalue weighted by Gasteiger charge is 2.48. The molecular formula is C40H43F4N11O6. The lowest BCUT2D eigenvalue weighted by atomic mass is 9.88.